The molecule has 0 spiro atoms. The molecule has 2 heterocycles. The molecular weight excluding hydrogens is 322 g/mol. The zero-order valence-electron chi connectivity index (χ0n) is 11.7. The van der Waals surface area contributed by atoms with Gasteiger partial charge in [-0.2, -0.15) is 0 Å². The van der Waals surface area contributed by atoms with Gasteiger partial charge in [0, 0.05) is 25.0 Å². The largest absolute Gasteiger partial charge is 0.458 e. The molecule has 2 rings (SSSR count). The highest BCUT2D eigenvalue weighted by atomic mass is 79.9. The Labute approximate surface area is 127 Å². The highest BCUT2D eigenvalue weighted by Crippen LogP contribution is 2.17. The second-order valence-electron chi connectivity index (χ2n) is 5.07. The molecule has 0 N–H and O–H groups in total. The lowest BCUT2D eigenvalue weighted by Crippen LogP contribution is -2.44. The number of allylic oxidation sites excluding steroid dienone is 1. The van der Waals surface area contributed by atoms with Crippen molar-refractivity contribution in [1.29, 1.82) is 0 Å². The molecular formula is C14H18BrN3O2. The third kappa shape index (κ3) is 4.30. The van der Waals surface area contributed by atoms with Gasteiger partial charge in [-0.1, -0.05) is 5.57 Å². The molecule has 1 saturated heterocycles. The van der Waals surface area contributed by atoms with Crippen LogP contribution in [0, 0.1) is 0 Å². The SMILES string of the molecule is CC(C)=CC(=O)N1CCCC(Oc2ncc(Br)cn2)C1. The molecule has 1 aromatic heterocycles. The second kappa shape index (κ2) is 6.83. The minimum Gasteiger partial charge on any atom is -0.458 e. The Morgan fingerprint density at radius 3 is 2.80 bits per heavy atom. The number of carbonyl (C=O) groups is 1. The van der Waals surface area contributed by atoms with Gasteiger partial charge in [-0.05, 0) is 42.6 Å². The Kier molecular flexibility index (Phi) is 5.11. The van der Waals surface area contributed by atoms with Gasteiger partial charge >= 0.3 is 6.01 Å². The van der Waals surface area contributed by atoms with Gasteiger partial charge in [0.05, 0.1) is 11.0 Å². The molecule has 0 radical (unpaired) electrons. The summed E-state index contributed by atoms with van der Waals surface area (Å²) in [7, 11) is 0. The fraction of sp³-hybridized carbons (Fsp3) is 0.500. The molecule has 1 amide bonds. The lowest BCUT2D eigenvalue weighted by Gasteiger charge is -2.31. The molecule has 1 atom stereocenters. The third-order valence-electron chi connectivity index (χ3n) is 2.97. The Balaban J connectivity index is 1.95. The van der Waals surface area contributed by atoms with Crippen molar-refractivity contribution in [3.05, 3.63) is 28.5 Å². The number of halogens is 1. The van der Waals surface area contributed by atoms with Crippen LogP contribution < -0.4 is 4.74 Å². The highest BCUT2D eigenvalue weighted by Gasteiger charge is 2.24. The van der Waals surface area contributed by atoms with E-state index in [4.69, 9.17) is 4.74 Å². The van der Waals surface area contributed by atoms with Crippen molar-refractivity contribution in [2.75, 3.05) is 13.1 Å². The van der Waals surface area contributed by atoms with E-state index in [1.165, 1.54) is 0 Å². The zero-order chi connectivity index (χ0) is 14.5. The first-order valence-electron chi connectivity index (χ1n) is 6.62. The Morgan fingerprint density at radius 1 is 1.45 bits per heavy atom. The molecule has 0 aromatic carbocycles. The molecule has 0 bridgehead atoms. The van der Waals surface area contributed by atoms with E-state index < -0.39 is 0 Å². The maximum atomic E-state index is 12.0. The molecule has 20 heavy (non-hydrogen) atoms. The van der Waals surface area contributed by atoms with Crippen molar-refractivity contribution in [1.82, 2.24) is 14.9 Å². The fourth-order valence-corrected chi connectivity index (χ4v) is 2.29. The average molecular weight is 340 g/mol. The van der Waals surface area contributed by atoms with E-state index in [0.29, 0.717) is 12.6 Å². The predicted molar refractivity (Wildman–Crippen MR) is 79.4 cm³/mol. The molecule has 1 fully saturated rings. The monoisotopic (exact) mass is 339 g/mol. The number of hydrogen-bond acceptors (Lipinski definition) is 4. The number of likely N-dealkylation sites (tertiary alicyclic amines) is 1. The van der Waals surface area contributed by atoms with Gasteiger partial charge in [-0.3, -0.25) is 4.79 Å². The van der Waals surface area contributed by atoms with E-state index in [1.54, 1.807) is 18.5 Å². The smallest absolute Gasteiger partial charge is 0.316 e. The summed E-state index contributed by atoms with van der Waals surface area (Å²) in [5.41, 5.74) is 1.01. The molecule has 1 aliphatic rings. The van der Waals surface area contributed by atoms with Crippen molar-refractivity contribution < 1.29 is 9.53 Å². The molecule has 6 heteroatoms. The van der Waals surface area contributed by atoms with Crippen LogP contribution in [0.2, 0.25) is 0 Å². The normalized spacial score (nSPS) is 18.6. The van der Waals surface area contributed by atoms with Crippen LogP contribution in [0.4, 0.5) is 0 Å². The Bertz CT molecular complexity index is 498. The Morgan fingerprint density at radius 2 is 2.15 bits per heavy atom. The van der Waals surface area contributed by atoms with Crippen LogP contribution in [0.1, 0.15) is 26.7 Å². The summed E-state index contributed by atoms with van der Waals surface area (Å²) in [4.78, 5) is 22.0. The number of carbonyl (C=O) groups excluding carboxylic acids is 1. The summed E-state index contributed by atoms with van der Waals surface area (Å²) in [6, 6.07) is 0.356. The van der Waals surface area contributed by atoms with Crippen molar-refractivity contribution in [3.8, 4) is 6.01 Å². The summed E-state index contributed by atoms with van der Waals surface area (Å²) in [5, 5.41) is 0. The number of ether oxygens (including phenoxy) is 1. The van der Waals surface area contributed by atoms with Crippen LogP contribution in [0.5, 0.6) is 6.01 Å². The highest BCUT2D eigenvalue weighted by molar-refractivity contribution is 9.10. The molecule has 108 valence electrons. The minimum atomic E-state index is -0.0422. The van der Waals surface area contributed by atoms with Crippen LogP contribution in [0.25, 0.3) is 0 Å². The van der Waals surface area contributed by atoms with Crippen LogP contribution in [-0.2, 0) is 4.79 Å². The summed E-state index contributed by atoms with van der Waals surface area (Å²) in [6.07, 6.45) is 6.77. The first kappa shape index (κ1) is 15.0. The van der Waals surface area contributed by atoms with Crippen LogP contribution >= 0.6 is 15.9 Å². The van der Waals surface area contributed by atoms with Gasteiger partial charge < -0.3 is 9.64 Å². The van der Waals surface area contributed by atoms with E-state index in [2.05, 4.69) is 25.9 Å². The van der Waals surface area contributed by atoms with Crippen LogP contribution in [-0.4, -0.2) is 40.0 Å². The molecule has 0 saturated carbocycles. The van der Waals surface area contributed by atoms with Crippen LogP contribution in [0.15, 0.2) is 28.5 Å². The summed E-state index contributed by atoms with van der Waals surface area (Å²) in [6.45, 7) is 5.21. The number of nitrogens with zero attached hydrogens (tertiary/aromatic N) is 3. The maximum absolute atomic E-state index is 12.0. The first-order chi connectivity index (χ1) is 9.54. The van der Waals surface area contributed by atoms with E-state index in [0.717, 1.165) is 29.4 Å². The maximum Gasteiger partial charge on any atom is 0.316 e. The minimum absolute atomic E-state index is 0.0422. The van der Waals surface area contributed by atoms with Gasteiger partial charge in [0.25, 0.3) is 0 Å². The standard InChI is InChI=1S/C14H18BrN3O2/c1-10(2)6-13(19)18-5-3-4-12(9-18)20-14-16-7-11(15)8-17-14/h6-8,12H,3-5,9H2,1-2H3. The van der Waals surface area contributed by atoms with Gasteiger partial charge in [-0.25, -0.2) is 9.97 Å². The number of piperidine rings is 1. The molecule has 1 unspecified atom stereocenters. The summed E-state index contributed by atoms with van der Waals surface area (Å²) >= 11 is 3.28. The molecule has 1 aliphatic heterocycles. The summed E-state index contributed by atoms with van der Waals surface area (Å²) in [5.74, 6) is 0.0509. The number of aromatic nitrogens is 2. The molecule has 5 nitrogen and oxygen atoms in total. The molecule has 0 aliphatic carbocycles. The molecule has 1 aromatic rings. The summed E-state index contributed by atoms with van der Waals surface area (Å²) < 4.78 is 6.55. The van der Waals surface area contributed by atoms with E-state index in [9.17, 15) is 4.79 Å². The van der Waals surface area contributed by atoms with Crippen molar-refractivity contribution >= 4 is 21.8 Å². The van der Waals surface area contributed by atoms with Crippen molar-refractivity contribution in [2.45, 2.75) is 32.8 Å². The number of hydrogen-bond donors (Lipinski definition) is 0. The van der Waals surface area contributed by atoms with Crippen LogP contribution in [0.3, 0.4) is 0 Å². The third-order valence-corrected chi connectivity index (χ3v) is 3.38. The quantitative estimate of drug-likeness (QED) is 0.794. The lowest BCUT2D eigenvalue weighted by atomic mass is 10.1. The van der Waals surface area contributed by atoms with Gasteiger partial charge in [0.1, 0.15) is 6.10 Å². The van der Waals surface area contributed by atoms with Crippen molar-refractivity contribution in [3.63, 3.8) is 0 Å². The Hall–Kier alpha value is -1.43. The topological polar surface area (TPSA) is 55.3 Å². The predicted octanol–water partition coefficient (Wildman–Crippen LogP) is 2.58. The van der Waals surface area contributed by atoms with E-state index in [-0.39, 0.29) is 12.0 Å². The number of rotatable bonds is 3. The lowest BCUT2D eigenvalue weighted by molar-refractivity contribution is -0.128. The van der Waals surface area contributed by atoms with E-state index >= 15 is 0 Å². The first-order valence-corrected chi connectivity index (χ1v) is 7.42. The number of amides is 1. The second-order valence-corrected chi connectivity index (χ2v) is 5.99. The van der Waals surface area contributed by atoms with Gasteiger partial charge in [0.15, 0.2) is 0 Å². The average Bonchev–Trinajstić information content (AvgIpc) is 2.41. The van der Waals surface area contributed by atoms with E-state index in [1.807, 2.05) is 18.7 Å². The van der Waals surface area contributed by atoms with Gasteiger partial charge in [0.2, 0.25) is 5.91 Å². The van der Waals surface area contributed by atoms with Crippen molar-refractivity contribution in [2.24, 2.45) is 0 Å². The zero-order valence-corrected chi connectivity index (χ0v) is 13.3. The fourth-order valence-electron chi connectivity index (χ4n) is 2.08. The van der Waals surface area contributed by atoms with Gasteiger partial charge in [-0.15, -0.1) is 0 Å².